The number of rotatable bonds is 2. The van der Waals surface area contributed by atoms with Crippen LogP contribution < -0.4 is 5.32 Å². The van der Waals surface area contributed by atoms with Crippen LogP contribution in [0.3, 0.4) is 0 Å². The van der Waals surface area contributed by atoms with Gasteiger partial charge >= 0.3 is 6.03 Å². The van der Waals surface area contributed by atoms with E-state index in [1.54, 1.807) is 17.2 Å². The van der Waals surface area contributed by atoms with Gasteiger partial charge in [-0.25, -0.2) is 9.78 Å². The average molecular weight is 327 g/mol. The fourth-order valence-electron chi connectivity index (χ4n) is 2.86. The summed E-state index contributed by atoms with van der Waals surface area (Å²) in [5.41, 5.74) is 4.04. The van der Waals surface area contributed by atoms with Crippen molar-refractivity contribution in [2.24, 2.45) is 0 Å². The first-order valence-electron chi connectivity index (χ1n) is 7.42. The number of pyridine rings is 1. The molecule has 4 rings (SSSR count). The summed E-state index contributed by atoms with van der Waals surface area (Å²) in [6.45, 7) is 1.70. The molecule has 0 saturated carbocycles. The van der Waals surface area contributed by atoms with Crippen LogP contribution in [0.1, 0.15) is 16.8 Å². The summed E-state index contributed by atoms with van der Waals surface area (Å²) in [4.78, 5) is 18.6. The molecule has 5 nitrogen and oxygen atoms in total. The molecule has 6 heteroatoms. The molecule has 1 N–H and O–H groups in total. The third-order valence-electron chi connectivity index (χ3n) is 4.01. The fraction of sp³-hybridized carbons (Fsp3) is 0.176. The SMILES string of the molecule is O=C(NCc1cn2cc(Cl)ccc2n1)N1Cc2ccccc2C1. The third kappa shape index (κ3) is 2.75. The molecule has 0 saturated heterocycles. The highest BCUT2D eigenvalue weighted by molar-refractivity contribution is 6.30. The highest BCUT2D eigenvalue weighted by Gasteiger charge is 2.22. The van der Waals surface area contributed by atoms with Crippen molar-refractivity contribution in [3.8, 4) is 0 Å². The highest BCUT2D eigenvalue weighted by Crippen LogP contribution is 2.22. The summed E-state index contributed by atoms with van der Waals surface area (Å²) in [6, 6.07) is 11.7. The second-order valence-electron chi connectivity index (χ2n) is 5.63. The maximum Gasteiger partial charge on any atom is 0.318 e. The highest BCUT2D eigenvalue weighted by atomic mass is 35.5. The minimum atomic E-state index is -0.0729. The molecule has 0 aliphatic carbocycles. The molecule has 0 bridgehead atoms. The number of nitrogens with zero attached hydrogens (tertiary/aromatic N) is 3. The molecule has 3 heterocycles. The van der Waals surface area contributed by atoms with Crippen molar-refractivity contribution in [1.29, 1.82) is 0 Å². The largest absolute Gasteiger partial charge is 0.332 e. The number of nitrogens with one attached hydrogen (secondary N) is 1. The van der Waals surface area contributed by atoms with Gasteiger partial charge in [-0.3, -0.25) is 0 Å². The molecule has 1 aromatic carbocycles. The van der Waals surface area contributed by atoms with Gasteiger partial charge in [0, 0.05) is 25.5 Å². The van der Waals surface area contributed by atoms with Gasteiger partial charge in [0.1, 0.15) is 5.65 Å². The fourth-order valence-corrected chi connectivity index (χ4v) is 3.03. The van der Waals surface area contributed by atoms with Crippen molar-refractivity contribution < 1.29 is 4.79 Å². The number of hydrogen-bond donors (Lipinski definition) is 1. The summed E-state index contributed by atoms with van der Waals surface area (Å²) in [6.07, 6.45) is 3.67. The summed E-state index contributed by atoms with van der Waals surface area (Å²) in [5, 5.41) is 3.58. The molecule has 3 aromatic rings. The maximum atomic E-state index is 12.3. The molecule has 0 spiro atoms. The zero-order valence-electron chi connectivity index (χ0n) is 12.4. The van der Waals surface area contributed by atoms with E-state index in [1.807, 2.05) is 28.8 Å². The molecule has 1 aliphatic heterocycles. The predicted octanol–water partition coefficient (Wildman–Crippen LogP) is 3.21. The van der Waals surface area contributed by atoms with Crippen molar-refractivity contribution in [1.82, 2.24) is 19.6 Å². The molecular formula is C17H15ClN4O. The average Bonchev–Trinajstić information content (AvgIpc) is 3.15. The monoisotopic (exact) mass is 326 g/mol. The molecule has 0 atom stereocenters. The first-order valence-corrected chi connectivity index (χ1v) is 7.79. The molecule has 0 unspecified atom stereocenters. The zero-order valence-corrected chi connectivity index (χ0v) is 13.1. The number of carbonyl (C=O) groups excluding carboxylic acids is 1. The lowest BCUT2D eigenvalue weighted by Gasteiger charge is -2.15. The molecule has 23 heavy (non-hydrogen) atoms. The standard InChI is InChI=1S/C17H15ClN4O/c18-14-5-6-16-20-15(11-21(16)10-14)7-19-17(23)22-8-12-3-1-2-4-13(12)9-22/h1-6,10-11H,7-9H2,(H,19,23). The number of imidazole rings is 1. The van der Waals surface area contributed by atoms with Crippen LogP contribution >= 0.6 is 11.6 Å². The predicted molar refractivity (Wildman–Crippen MR) is 88.1 cm³/mol. The van der Waals surface area contributed by atoms with Gasteiger partial charge in [-0.1, -0.05) is 35.9 Å². The Morgan fingerprint density at radius 2 is 1.87 bits per heavy atom. The van der Waals surface area contributed by atoms with Gasteiger partial charge in [0.25, 0.3) is 0 Å². The normalized spacial score (nSPS) is 13.3. The maximum absolute atomic E-state index is 12.3. The van der Waals surface area contributed by atoms with E-state index in [-0.39, 0.29) is 6.03 Å². The third-order valence-corrected chi connectivity index (χ3v) is 4.24. The Morgan fingerprint density at radius 3 is 2.61 bits per heavy atom. The Kier molecular flexibility index (Phi) is 3.42. The van der Waals surface area contributed by atoms with Crippen LogP contribution in [0.2, 0.25) is 5.02 Å². The van der Waals surface area contributed by atoms with Crippen LogP contribution in [0.25, 0.3) is 5.65 Å². The second kappa shape index (κ2) is 5.59. The van der Waals surface area contributed by atoms with Crippen molar-refractivity contribution in [2.45, 2.75) is 19.6 Å². The van der Waals surface area contributed by atoms with Gasteiger partial charge in [-0.05, 0) is 23.3 Å². The quantitative estimate of drug-likeness (QED) is 0.786. The lowest BCUT2D eigenvalue weighted by Crippen LogP contribution is -2.36. The van der Waals surface area contributed by atoms with Crippen LogP contribution in [0.4, 0.5) is 4.79 Å². The van der Waals surface area contributed by atoms with E-state index in [2.05, 4.69) is 22.4 Å². The Bertz CT molecular complexity index is 864. The number of halogens is 1. The first-order chi connectivity index (χ1) is 11.2. The zero-order chi connectivity index (χ0) is 15.8. The van der Waals surface area contributed by atoms with Crippen molar-refractivity contribution in [2.75, 3.05) is 0 Å². The van der Waals surface area contributed by atoms with Crippen LogP contribution in [0, 0.1) is 0 Å². The Hall–Kier alpha value is -2.53. The smallest absolute Gasteiger partial charge is 0.318 e. The number of fused-ring (bicyclic) bond motifs is 2. The van der Waals surface area contributed by atoms with Crippen LogP contribution in [-0.4, -0.2) is 20.3 Å². The number of hydrogen-bond acceptors (Lipinski definition) is 2. The molecule has 2 amide bonds. The summed E-state index contributed by atoms with van der Waals surface area (Å²) >= 11 is 5.96. The minimum absolute atomic E-state index is 0.0729. The van der Waals surface area contributed by atoms with Crippen LogP contribution in [0.5, 0.6) is 0 Å². The topological polar surface area (TPSA) is 49.6 Å². The Morgan fingerprint density at radius 1 is 1.13 bits per heavy atom. The van der Waals surface area contributed by atoms with E-state index in [9.17, 15) is 4.79 Å². The number of aromatic nitrogens is 2. The van der Waals surface area contributed by atoms with Gasteiger partial charge < -0.3 is 14.6 Å². The van der Waals surface area contributed by atoms with E-state index in [0.29, 0.717) is 24.7 Å². The van der Waals surface area contributed by atoms with E-state index >= 15 is 0 Å². The second-order valence-corrected chi connectivity index (χ2v) is 6.06. The summed E-state index contributed by atoms with van der Waals surface area (Å²) < 4.78 is 1.86. The van der Waals surface area contributed by atoms with Crippen molar-refractivity contribution in [3.05, 3.63) is 70.6 Å². The van der Waals surface area contributed by atoms with E-state index in [4.69, 9.17) is 11.6 Å². The van der Waals surface area contributed by atoms with Gasteiger partial charge in [-0.2, -0.15) is 0 Å². The lowest BCUT2D eigenvalue weighted by atomic mass is 10.1. The van der Waals surface area contributed by atoms with Gasteiger partial charge in [0.15, 0.2) is 0 Å². The molecule has 116 valence electrons. The molecule has 0 radical (unpaired) electrons. The van der Waals surface area contributed by atoms with Crippen LogP contribution in [-0.2, 0) is 19.6 Å². The number of benzene rings is 1. The number of urea groups is 1. The van der Waals surface area contributed by atoms with Gasteiger partial charge in [-0.15, -0.1) is 0 Å². The molecular weight excluding hydrogens is 312 g/mol. The Balaban J connectivity index is 1.41. The van der Waals surface area contributed by atoms with Crippen LogP contribution in [0.15, 0.2) is 48.8 Å². The van der Waals surface area contributed by atoms with Gasteiger partial charge in [0.05, 0.1) is 17.3 Å². The van der Waals surface area contributed by atoms with Crippen molar-refractivity contribution in [3.63, 3.8) is 0 Å². The minimum Gasteiger partial charge on any atom is -0.332 e. The lowest BCUT2D eigenvalue weighted by molar-refractivity contribution is 0.198. The number of carbonyl (C=O) groups is 1. The molecule has 0 fully saturated rings. The van der Waals surface area contributed by atoms with Gasteiger partial charge in [0.2, 0.25) is 0 Å². The Labute approximate surface area is 138 Å². The van der Waals surface area contributed by atoms with Crippen molar-refractivity contribution >= 4 is 23.3 Å². The first kappa shape index (κ1) is 14.1. The molecule has 1 aliphatic rings. The summed E-state index contributed by atoms with van der Waals surface area (Å²) in [5.74, 6) is 0. The van der Waals surface area contributed by atoms with E-state index in [1.165, 1.54) is 11.1 Å². The summed E-state index contributed by atoms with van der Waals surface area (Å²) in [7, 11) is 0. The van der Waals surface area contributed by atoms with E-state index < -0.39 is 0 Å². The number of amides is 2. The van der Waals surface area contributed by atoms with E-state index in [0.717, 1.165) is 11.3 Å². The molecule has 2 aromatic heterocycles.